The van der Waals surface area contributed by atoms with Crippen LogP contribution in [0, 0.1) is 19.8 Å². The number of hydrogen-bond acceptors (Lipinski definition) is 1. The molecule has 0 spiro atoms. The van der Waals surface area contributed by atoms with E-state index in [0.29, 0.717) is 6.04 Å². The smallest absolute Gasteiger partial charge is 0.0325 e. The van der Waals surface area contributed by atoms with Crippen molar-refractivity contribution in [2.75, 3.05) is 6.54 Å². The van der Waals surface area contributed by atoms with Crippen molar-refractivity contribution in [3.05, 3.63) is 34.4 Å². The van der Waals surface area contributed by atoms with E-state index in [-0.39, 0.29) is 0 Å². The molecule has 1 N–H and O–H groups in total. The van der Waals surface area contributed by atoms with Crippen LogP contribution in [0.15, 0.2) is 12.1 Å². The van der Waals surface area contributed by atoms with Crippen molar-refractivity contribution in [3.63, 3.8) is 0 Å². The van der Waals surface area contributed by atoms with Gasteiger partial charge in [0, 0.05) is 6.04 Å². The van der Waals surface area contributed by atoms with Crippen molar-refractivity contribution >= 4 is 0 Å². The molecule has 16 heavy (non-hydrogen) atoms. The second-order valence-electron chi connectivity index (χ2n) is 5.46. The first-order chi connectivity index (χ1) is 7.59. The third-order valence-corrected chi connectivity index (χ3v) is 3.75. The van der Waals surface area contributed by atoms with Crippen molar-refractivity contribution in [2.45, 2.75) is 46.6 Å². The third-order valence-electron chi connectivity index (χ3n) is 3.75. The summed E-state index contributed by atoms with van der Waals surface area (Å²) in [7, 11) is 0. The monoisotopic (exact) mass is 217 g/mol. The molecule has 0 fully saturated rings. The zero-order valence-electron chi connectivity index (χ0n) is 10.9. The van der Waals surface area contributed by atoms with Gasteiger partial charge in [-0.25, -0.2) is 0 Å². The Kier molecular flexibility index (Phi) is 3.34. The lowest BCUT2D eigenvalue weighted by molar-refractivity contribution is 0.414. The summed E-state index contributed by atoms with van der Waals surface area (Å²) in [6, 6.07) is 5.17. The molecule has 0 aromatic heterocycles. The van der Waals surface area contributed by atoms with Crippen LogP contribution in [0.5, 0.6) is 0 Å². The van der Waals surface area contributed by atoms with Crippen LogP contribution in [0.1, 0.15) is 48.6 Å². The maximum atomic E-state index is 3.65. The molecule has 1 unspecified atom stereocenters. The molecule has 1 atom stereocenters. The number of rotatable bonds is 2. The zero-order chi connectivity index (χ0) is 11.7. The molecule has 1 aromatic rings. The van der Waals surface area contributed by atoms with E-state index in [1.54, 1.807) is 11.1 Å². The fraction of sp³-hybridized carbons (Fsp3) is 0.600. The second kappa shape index (κ2) is 4.58. The van der Waals surface area contributed by atoms with Gasteiger partial charge in [0.15, 0.2) is 0 Å². The molecule has 1 heterocycles. The van der Waals surface area contributed by atoms with E-state index in [9.17, 15) is 0 Å². The molecule has 1 heteroatoms. The van der Waals surface area contributed by atoms with Gasteiger partial charge in [0.1, 0.15) is 0 Å². The number of fused-ring (bicyclic) bond motifs is 1. The van der Waals surface area contributed by atoms with Gasteiger partial charge in [0.05, 0.1) is 0 Å². The van der Waals surface area contributed by atoms with Crippen LogP contribution in [0.2, 0.25) is 0 Å². The van der Waals surface area contributed by atoms with Crippen molar-refractivity contribution in [2.24, 2.45) is 5.92 Å². The Bertz CT molecular complexity index is 379. The predicted molar refractivity (Wildman–Crippen MR) is 69.8 cm³/mol. The first kappa shape index (κ1) is 11.7. The maximum Gasteiger partial charge on any atom is 0.0325 e. The van der Waals surface area contributed by atoms with Gasteiger partial charge in [0.25, 0.3) is 0 Å². The topological polar surface area (TPSA) is 12.0 Å². The Balaban J connectivity index is 2.36. The van der Waals surface area contributed by atoms with Gasteiger partial charge in [0.2, 0.25) is 0 Å². The highest BCUT2D eigenvalue weighted by Gasteiger charge is 2.21. The average Bonchev–Trinajstić information content (AvgIpc) is 2.23. The van der Waals surface area contributed by atoms with Crippen molar-refractivity contribution < 1.29 is 0 Å². The van der Waals surface area contributed by atoms with Gasteiger partial charge in [-0.1, -0.05) is 26.0 Å². The lowest BCUT2D eigenvalue weighted by atomic mass is 9.85. The number of nitrogens with one attached hydrogen (secondary N) is 1. The molecule has 1 nitrogen and oxygen atoms in total. The quantitative estimate of drug-likeness (QED) is 0.799. The summed E-state index contributed by atoms with van der Waals surface area (Å²) in [6.07, 6.45) is 2.44. The first-order valence-corrected chi connectivity index (χ1v) is 6.42. The number of hydrogen-bond donors (Lipinski definition) is 1. The zero-order valence-corrected chi connectivity index (χ0v) is 10.9. The van der Waals surface area contributed by atoms with Crippen LogP contribution < -0.4 is 5.32 Å². The Morgan fingerprint density at radius 3 is 2.75 bits per heavy atom. The van der Waals surface area contributed by atoms with Gasteiger partial charge < -0.3 is 5.32 Å². The maximum absolute atomic E-state index is 3.65. The second-order valence-corrected chi connectivity index (χ2v) is 5.46. The van der Waals surface area contributed by atoms with E-state index >= 15 is 0 Å². The molecule has 2 rings (SSSR count). The molecule has 0 amide bonds. The van der Waals surface area contributed by atoms with E-state index < -0.39 is 0 Å². The Morgan fingerprint density at radius 1 is 1.31 bits per heavy atom. The molecular weight excluding hydrogens is 194 g/mol. The fourth-order valence-electron chi connectivity index (χ4n) is 2.72. The van der Waals surface area contributed by atoms with Crippen LogP contribution in [0.25, 0.3) is 0 Å². The van der Waals surface area contributed by atoms with Crippen LogP contribution in [-0.2, 0) is 6.42 Å². The van der Waals surface area contributed by atoms with Crippen molar-refractivity contribution in [1.82, 2.24) is 5.32 Å². The standard InChI is InChI=1S/C15H23N/c1-10(2)9-15-14-6-5-11(3)12(4)13(14)7-8-16-15/h5-6,10,15-16H,7-9H2,1-4H3. The van der Waals surface area contributed by atoms with Gasteiger partial charge in [-0.05, 0) is 61.4 Å². The van der Waals surface area contributed by atoms with Crippen molar-refractivity contribution in [1.29, 1.82) is 0 Å². The Hall–Kier alpha value is -0.820. The van der Waals surface area contributed by atoms with Gasteiger partial charge in [-0.2, -0.15) is 0 Å². The molecule has 0 aliphatic carbocycles. The van der Waals surface area contributed by atoms with E-state index in [1.807, 2.05) is 0 Å². The van der Waals surface area contributed by atoms with Gasteiger partial charge in [-0.3, -0.25) is 0 Å². The van der Waals surface area contributed by atoms with Crippen molar-refractivity contribution in [3.8, 4) is 0 Å². The summed E-state index contributed by atoms with van der Waals surface area (Å²) in [5.74, 6) is 0.755. The van der Waals surface area contributed by atoms with E-state index in [1.165, 1.54) is 24.0 Å². The molecule has 1 aliphatic rings. The van der Waals surface area contributed by atoms with E-state index in [0.717, 1.165) is 12.5 Å². The highest BCUT2D eigenvalue weighted by Crippen LogP contribution is 2.30. The number of benzene rings is 1. The Labute approximate surface area is 99.3 Å². The molecule has 0 saturated heterocycles. The summed E-state index contributed by atoms with van der Waals surface area (Å²) >= 11 is 0. The third kappa shape index (κ3) is 2.15. The molecular formula is C15H23N. The van der Waals surface area contributed by atoms with Crippen LogP contribution in [0.4, 0.5) is 0 Å². The average molecular weight is 217 g/mol. The lowest BCUT2D eigenvalue weighted by Crippen LogP contribution is -2.31. The SMILES string of the molecule is Cc1ccc2c(c1C)CCNC2CC(C)C. The summed E-state index contributed by atoms with van der Waals surface area (Å²) in [5, 5.41) is 3.65. The van der Waals surface area contributed by atoms with Gasteiger partial charge >= 0.3 is 0 Å². The summed E-state index contributed by atoms with van der Waals surface area (Å²) in [6.45, 7) is 10.2. The molecule has 0 bridgehead atoms. The molecule has 0 saturated carbocycles. The van der Waals surface area contributed by atoms with Crippen LogP contribution in [-0.4, -0.2) is 6.54 Å². The van der Waals surface area contributed by atoms with Gasteiger partial charge in [-0.15, -0.1) is 0 Å². The first-order valence-electron chi connectivity index (χ1n) is 6.42. The minimum atomic E-state index is 0.572. The largest absolute Gasteiger partial charge is 0.310 e. The van der Waals surface area contributed by atoms with E-state index in [4.69, 9.17) is 0 Å². The van der Waals surface area contributed by atoms with Crippen LogP contribution >= 0.6 is 0 Å². The lowest BCUT2D eigenvalue weighted by Gasteiger charge is -2.30. The Morgan fingerprint density at radius 2 is 2.06 bits per heavy atom. The summed E-state index contributed by atoms with van der Waals surface area (Å²) in [4.78, 5) is 0. The number of aryl methyl sites for hydroxylation is 1. The molecule has 1 aromatic carbocycles. The minimum absolute atomic E-state index is 0.572. The van der Waals surface area contributed by atoms with E-state index in [2.05, 4.69) is 45.1 Å². The fourth-order valence-corrected chi connectivity index (χ4v) is 2.72. The predicted octanol–water partition coefficient (Wildman–Crippen LogP) is 3.54. The molecule has 0 radical (unpaired) electrons. The minimum Gasteiger partial charge on any atom is -0.310 e. The molecule has 1 aliphatic heterocycles. The highest BCUT2D eigenvalue weighted by atomic mass is 14.9. The highest BCUT2D eigenvalue weighted by molar-refractivity contribution is 5.42. The normalized spacial score (nSPS) is 19.9. The molecule has 88 valence electrons. The summed E-state index contributed by atoms with van der Waals surface area (Å²) < 4.78 is 0. The summed E-state index contributed by atoms with van der Waals surface area (Å²) in [5.41, 5.74) is 6.09. The van der Waals surface area contributed by atoms with Crippen LogP contribution in [0.3, 0.4) is 0 Å².